The molecule has 0 radical (unpaired) electrons. The third kappa shape index (κ3) is 3.43. The fourth-order valence-electron chi connectivity index (χ4n) is 2.74. The predicted molar refractivity (Wildman–Crippen MR) is 84.5 cm³/mol. The van der Waals surface area contributed by atoms with Crippen LogP contribution in [-0.4, -0.2) is 24.4 Å². The smallest absolute Gasteiger partial charge is 0.254 e. The summed E-state index contributed by atoms with van der Waals surface area (Å²) in [5.74, 6) is -0.123. The number of carbonyl (C=O) groups excluding carboxylic acids is 2. The van der Waals surface area contributed by atoms with Crippen LogP contribution in [0.2, 0.25) is 0 Å². The number of nitrogens with zero attached hydrogens (tertiary/aromatic N) is 1. The number of nitrogens with one attached hydrogen (secondary N) is 1. The van der Waals surface area contributed by atoms with Gasteiger partial charge in [-0.15, -0.1) is 0 Å². The first-order valence-corrected chi connectivity index (χ1v) is 7.90. The lowest BCUT2D eigenvalue weighted by Crippen LogP contribution is -2.46. The molecule has 1 unspecified atom stereocenters. The van der Waals surface area contributed by atoms with Gasteiger partial charge in [0.25, 0.3) is 5.91 Å². The van der Waals surface area contributed by atoms with E-state index in [2.05, 4.69) is 12.2 Å². The van der Waals surface area contributed by atoms with Gasteiger partial charge < -0.3 is 10.2 Å². The van der Waals surface area contributed by atoms with E-state index in [1.807, 2.05) is 25.1 Å². The Bertz CT molecular complexity index is 513. The van der Waals surface area contributed by atoms with Gasteiger partial charge in [-0.25, -0.2) is 0 Å². The maximum absolute atomic E-state index is 12.7. The number of hydrogen-bond acceptors (Lipinski definition) is 2. The summed E-state index contributed by atoms with van der Waals surface area (Å²) in [4.78, 5) is 26.9. The molecule has 0 aromatic heterocycles. The molecule has 1 aromatic carbocycles. The summed E-state index contributed by atoms with van der Waals surface area (Å²) < 4.78 is 0. The van der Waals surface area contributed by atoms with Crippen LogP contribution < -0.4 is 10.2 Å². The van der Waals surface area contributed by atoms with Crippen molar-refractivity contribution < 1.29 is 9.59 Å². The number of hydrogen-bond donors (Lipinski definition) is 1. The molecule has 0 bridgehead atoms. The Morgan fingerprint density at radius 3 is 2.57 bits per heavy atom. The monoisotopic (exact) mass is 288 g/mol. The predicted octanol–water partition coefficient (Wildman–Crippen LogP) is 3.12. The average Bonchev–Trinajstić information content (AvgIpc) is 2.59. The number of amides is 2. The SMILES string of the molecule is CCCCCN1C(=O)C(CCC)NC(=O)c2ccccc21. The van der Waals surface area contributed by atoms with Crippen LogP contribution in [0.4, 0.5) is 5.69 Å². The number of para-hydroxylation sites is 1. The molecular weight excluding hydrogens is 264 g/mol. The highest BCUT2D eigenvalue weighted by molar-refractivity contribution is 6.10. The van der Waals surface area contributed by atoms with Crippen LogP contribution in [0.5, 0.6) is 0 Å². The van der Waals surface area contributed by atoms with Crippen LogP contribution in [-0.2, 0) is 4.79 Å². The van der Waals surface area contributed by atoms with E-state index >= 15 is 0 Å². The standard InChI is InChI=1S/C17H24N2O2/c1-3-5-8-12-19-15-11-7-6-10-13(15)16(20)18-14(9-4-2)17(19)21/h6-7,10-11,14H,3-5,8-9,12H2,1-2H3,(H,18,20). The van der Waals surface area contributed by atoms with Crippen molar-refractivity contribution in [3.05, 3.63) is 29.8 Å². The number of rotatable bonds is 6. The second kappa shape index (κ2) is 7.25. The summed E-state index contributed by atoms with van der Waals surface area (Å²) in [6.07, 6.45) is 4.72. The van der Waals surface area contributed by atoms with E-state index in [-0.39, 0.29) is 11.8 Å². The van der Waals surface area contributed by atoms with Crippen LogP contribution in [0.25, 0.3) is 0 Å². The topological polar surface area (TPSA) is 49.4 Å². The lowest BCUT2D eigenvalue weighted by Gasteiger charge is -2.25. The molecule has 4 heteroatoms. The van der Waals surface area contributed by atoms with Gasteiger partial charge in [-0.2, -0.15) is 0 Å². The van der Waals surface area contributed by atoms with Crippen molar-refractivity contribution >= 4 is 17.5 Å². The molecule has 0 spiro atoms. The minimum Gasteiger partial charge on any atom is -0.340 e. The van der Waals surface area contributed by atoms with E-state index < -0.39 is 6.04 Å². The van der Waals surface area contributed by atoms with Gasteiger partial charge in [-0.3, -0.25) is 9.59 Å². The number of anilines is 1. The highest BCUT2D eigenvalue weighted by atomic mass is 16.2. The third-order valence-electron chi connectivity index (χ3n) is 3.87. The van der Waals surface area contributed by atoms with E-state index in [1.165, 1.54) is 0 Å². The zero-order valence-electron chi connectivity index (χ0n) is 12.9. The molecular formula is C17H24N2O2. The summed E-state index contributed by atoms with van der Waals surface area (Å²) in [5, 5.41) is 2.88. The number of unbranched alkanes of at least 4 members (excludes halogenated alkanes) is 2. The first kappa shape index (κ1) is 15.5. The molecule has 21 heavy (non-hydrogen) atoms. The van der Waals surface area contributed by atoms with E-state index in [1.54, 1.807) is 11.0 Å². The molecule has 0 fully saturated rings. The minimum atomic E-state index is -0.406. The van der Waals surface area contributed by atoms with E-state index in [0.717, 1.165) is 31.4 Å². The Kier molecular flexibility index (Phi) is 5.37. The summed E-state index contributed by atoms with van der Waals surface area (Å²) in [6, 6.07) is 6.97. The van der Waals surface area contributed by atoms with Crippen molar-refractivity contribution in [2.75, 3.05) is 11.4 Å². The molecule has 0 saturated carbocycles. The van der Waals surface area contributed by atoms with E-state index in [4.69, 9.17) is 0 Å². The quantitative estimate of drug-likeness (QED) is 0.818. The van der Waals surface area contributed by atoms with Crippen molar-refractivity contribution in [3.8, 4) is 0 Å². The Labute approximate surface area is 126 Å². The molecule has 1 atom stereocenters. The molecule has 2 rings (SSSR count). The molecule has 1 N–H and O–H groups in total. The fourth-order valence-corrected chi connectivity index (χ4v) is 2.74. The van der Waals surface area contributed by atoms with Crippen LogP contribution in [0.1, 0.15) is 56.3 Å². The van der Waals surface area contributed by atoms with E-state index in [0.29, 0.717) is 18.5 Å². The van der Waals surface area contributed by atoms with E-state index in [9.17, 15) is 9.59 Å². The Balaban J connectivity index is 2.33. The lowest BCUT2D eigenvalue weighted by molar-refractivity contribution is -0.120. The maximum atomic E-state index is 12.7. The second-order valence-electron chi connectivity index (χ2n) is 5.53. The van der Waals surface area contributed by atoms with Gasteiger partial charge in [0, 0.05) is 6.54 Å². The molecule has 0 saturated heterocycles. The number of fused-ring (bicyclic) bond motifs is 1. The molecule has 114 valence electrons. The van der Waals surface area contributed by atoms with Crippen molar-refractivity contribution in [1.29, 1.82) is 0 Å². The highest BCUT2D eigenvalue weighted by Gasteiger charge is 2.32. The van der Waals surface area contributed by atoms with Gasteiger partial charge in [-0.05, 0) is 25.0 Å². The average molecular weight is 288 g/mol. The first-order valence-electron chi connectivity index (χ1n) is 7.90. The number of carbonyl (C=O) groups is 2. The molecule has 0 aliphatic carbocycles. The first-order chi connectivity index (χ1) is 10.2. The Hall–Kier alpha value is -1.84. The second-order valence-corrected chi connectivity index (χ2v) is 5.53. The highest BCUT2D eigenvalue weighted by Crippen LogP contribution is 2.25. The molecule has 1 aliphatic rings. The summed E-state index contributed by atoms with van der Waals surface area (Å²) >= 11 is 0. The number of benzene rings is 1. The van der Waals surface area contributed by atoms with Crippen LogP contribution in [0, 0.1) is 0 Å². The van der Waals surface area contributed by atoms with Crippen LogP contribution in [0.3, 0.4) is 0 Å². The van der Waals surface area contributed by atoms with Crippen molar-refractivity contribution in [3.63, 3.8) is 0 Å². The Morgan fingerprint density at radius 1 is 1.10 bits per heavy atom. The Morgan fingerprint density at radius 2 is 1.86 bits per heavy atom. The van der Waals surface area contributed by atoms with Crippen molar-refractivity contribution in [2.45, 2.75) is 52.0 Å². The molecule has 1 heterocycles. The van der Waals surface area contributed by atoms with Crippen molar-refractivity contribution in [1.82, 2.24) is 5.32 Å². The van der Waals surface area contributed by atoms with Crippen molar-refractivity contribution in [2.24, 2.45) is 0 Å². The molecule has 1 aliphatic heterocycles. The zero-order chi connectivity index (χ0) is 15.2. The summed E-state index contributed by atoms with van der Waals surface area (Å²) in [5.41, 5.74) is 1.34. The molecule has 2 amide bonds. The summed E-state index contributed by atoms with van der Waals surface area (Å²) in [7, 11) is 0. The maximum Gasteiger partial charge on any atom is 0.254 e. The minimum absolute atomic E-state index is 0.0197. The largest absolute Gasteiger partial charge is 0.340 e. The van der Waals surface area contributed by atoms with Gasteiger partial charge in [0.1, 0.15) is 6.04 Å². The van der Waals surface area contributed by atoms with Gasteiger partial charge in [0.2, 0.25) is 5.91 Å². The fraction of sp³-hybridized carbons (Fsp3) is 0.529. The zero-order valence-corrected chi connectivity index (χ0v) is 12.9. The molecule has 4 nitrogen and oxygen atoms in total. The van der Waals surface area contributed by atoms with Crippen LogP contribution >= 0.6 is 0 Å². The van der Waals surface area contributed by atoms with Gasteiger partial charge in [-0.1, -0.05) is 45.2 Å². The molecule has 1 aromatic rings. The lowest BCUT2D eigenvalue weighted by atomic mass is 10.1. The third-order valence-corrected chi connectivity index (χ3v) is 3.87. The van der Waals surface area contributed by atoms with Gasteiger partial charge >= 0.3 is 0 Å². The summed E-state index contributed by atoms with van der Waals surface area (Å²) in [6.45, 7) is 4.85. The van der Waals surface area contributed by atoms with Gasteiger partial charge in [0.15, 0.2) is 0 Å². The van der Waals surface area contributed by atoms with Gasteiger partial charge in [0.05, 0.1) is 11.3 Å². The van der Waals surface area contributed by atoms with Crippen LogP contribution in [0.15, 0.2) is 24.3 Å². The normalized spacial score (nSPS) is 18.2.